The number of H-pyrrole nitrogens is 1. The number of aromatic nitrogens is 1. The summed E-state index contributed by atoms with van der Waals surface area (Å²) in [5, 5.41) is 1.96. The molecule has 2 heterocycles. The van der Waals surface area contributed by atoms with Crippen LogP contribution >= 0.6 is 11.6 Å². The molecule has 24 heavy (non-hydrogen) atoms. The van der Waals surface area contributed by atoms with Crippen molar-refractivity contribution in [3.05, 3.63) is 70.9 Å². The summed E-state index contributed by atoms with van der Waals surface area (Å²) in [5.41, 5.74) is 3.56. The molecule has 1 unspecified atom stereocenters. The van der Waals surface area contributed by atoms with Crippen molar-refractivity contribution in [3.8, 4) is 0 Å². The summed E-state index contributed by atoms with van der Waals surface area (Å²) in [6.07, 6.45) is 4.43. The molecule has 2 aromatic carbocycles. The fraction of sp³-hybridized carbons (Fsp3) is 0.250. The van der Waals surface area contributed by atoms with Crippen LogP contribution in [0.15, 0.2) is 54.7 Å². The molecule has 0 aliphatic carbocycles. The third-order valence-corrected chi connectivity index (χ3v) is 5.12. The molecule has 0 saturated carbocycles. The van der Waals surface area contributed by atoms with Gasteiger partial charge in [-0.1, -0.05) is 41.9 Å². The minimum Gasteiger partial charge on any atom is -0.361 e. The van der Waals surface area contributed by atoms with Crippen LogP contribution in [-0.4, -0.2) is 22.3 Å². The Kier molecular flexibility index (Phi) is 4.03. The average molecular weight is 339 g/mol. The lowest BCUT2D eigenvalue weighted by Gasteiger charge is -2.25. The van der Waals surface area contributed by atoms with Gasteiger partial charge < -0.3 is 9.88 Å². The Morgan fingerprint density at radius 2 is 1.92 bits per heavy atom. The van der Waals surface area contributed by atoms with Gasteiger partial charge in [0.05, 0.1) is 6.04 Å². The number of benzene rings is 2. The predicted molar refractivity (Wildman–Crippen MR) is 97.1 cm³/mol. The molecular formula is C20H19ClN2O. The van der Waals surface area contributed by atoms with Crippen LogP contribution in [0.1, 0.15) is 30.0 Å². The molecule has 1 atom stereocenters. The number of likely N-dealkylation sites (tertiary alicyclic amines) is 1. The van der Waals surface area contributed by atoms with E-state index in [9.17, 15) is 4.79 Å². The van der Waals surface area contributed by atoms with Gasteiger partial charge in [0.15, 0.2) is 0 Å². The fourth-order valence-electron chi connectivity index (χ4n) is 3.61. The topological polar surface area (TPSA) is 36.1 Å². The minimum absolute atomic E-state index is 0.168. The molecule has 4 heteroatoms. The quantitative estimate of drug-likeness (QED) is 0.733. The number of nitrogens with zero attached hydrogens (tertiary/aromatic N) is 1. The molecule has 122 valence electrons. The molecule has 1 fully saturated rings. The highest BCUT2D eigenvalue weighted by atomic mass is 35.5. The van der Waals surface area contributed by atoms with Gasteiger partial charge in [-0.3, -0.25) is 4.79 Å². The van der Waals surface area contributed by atoms with Crippen molar-refractivity contribution in [3.63, 3.8) is 0 Å². The van der Waals surface area contributed by atoms with Gasteiger partial charge in [0.1, 0.15) is 0 Å². The number of rotatable bonds is 4. The van der Waals surface area contributed by atoms with Gasteiger partial charge in [-0.05, 0) is 42.2 Å². The smallest absolute Gasteiger partial charge is 0.223 e. The number of carbonyl (C=O) groups excluding carboxylic acids is 1. The van der Waals surface area contributed by atoms with Crippen molar-refractivity contribution < 1.29 is 4.79 Å². The number of aromatic amines is 1. The number of amides is 1. The molecule has 0 spiro atoms. The van der Waals surface area contributed by atoms with E-state index in [1.54, 1.807) is 0 Å². The van der Waals surface area contributed by atoms with Gasteiger partial charge in [-0.25, -0.2) is 0 Å². The molecule has 1 saturated heterocycles. The van der Waals surface area contributed by atoms with Crippen LogP contribution in [0.2, 0.25) is 5.02 Å². The van der Waals surface area contributed by atoms with Gasteiger partial charge in [0.25, 0.3) is 0 Å². The van der Waals surface area contributed by atoms with E-state index in [2.05, 4.69) is 29.4 Å². The zero-order chi connectivity index (χ0) is 16.5. The minimum atomic E-state index is 0.168. The van der Waals surface area contributed by atoms with Crippen LogP contribution in [-0.2, 0) is 11.2 Å². The number of nitrogens with one attached hydrogen (secondary N) is 1. The maximum Gasteiger partial charge on any atom is 0.223 e. The number of halogens is 1. The Bertz CT molecular complexity index is 869. The Morgan fingerprint density at radius 3 is 2.75 bits per heavy atom. The van der Waals surface area contributed by atoms with Crippen molar-refractivity contribution in [2.45, 2.75) is 25.3 Å². The van der Waals surface area contributed by atoms with Gasteiger partial charge in [-0.2, -0.15) is 0 Å². The van der Waals surface area contributed by atoms with Crippen LogP contribution in [0.3, 0.4) is 0 Å². The second-order valence-electron chi connectivity index (χ2n) is 6.31. The number of fused-ring (bicyclic) bond motifs is 1. The number of carbonyl (C=O) groups is 1. The summed E-state index contributed by atoms with van der Waals surface area (Å²) in [4.78, 5) is 17.7. The standard InChI is InChI=1S/C20H19ClN2O/c21-15-7-5-14(6-8-15)11-12-23-19(9-10-20(23)24)17-13-22-18-4-2-1-3-16(17)18/h1-8,13,19,22H,9-12H2. The number of hydrogen-bond acceptors (Lipinski definition) is 1. The highest BCUT2D eigenvalue weighted by Crippen LogP contribution is 2.36. The molecule has 1 aliphatic rings. The van der Waals surface area contributed by atoms with E-state index >= 15 is 0 Å². The van der Waals surface area contributed by atoms with Gasteiger partial charge >= 0.3 is 0 Å². The summed E-state index contributed by atoms with van der Waals surface area (Å²) in [5.74, 6) is 0.249. The monoisotopic (exact) mass is 338 g/mol. The van der Waals surface area contributed by atoms with Crippen molar-refractivity contribution in [2.24, 2.45) is 0 Å². The molecule has 0 radical (unpaired) electrons. The molecular weight excluding hydrogens is 320 g/mol. The highest BCUT2D eigenvalue weighted by molar-refractivity contribution is 6.30. The fourth-order valence-corrected chi connectivity index (χ4v) is 3.73. The first kappa shape index (κ1) is 15.3. The Balaban J connectivity index is 1.56. The number of hydrogen-bond donors (Lipinski definition) is 1. The van der Waals surface area contributed by atoms with E-state index in [-0.39, 0.29) is 11.9 Å². The SMILES string of the molecule is O=C1CCC(c2c[nH]c3ccccc23)N1CCc1ccc(Cl)cc1. The molecule has 1 N–H and O–H groups in total. The maximum atomic E-state index is 12.4. The summed E-state index contributed by atoms with van der Waals surface area (Å²) >= 11 is 5.94. The van der Waals surface area contributed by atoms with Crippen molar-refractivity contribution >= 4 is 28.4 Å². The average Bonchev–Trinajstić information content (AvgIpc) is 3.18. The lowest BCUT2D eigenvalue weighted by molar-refractivity contribution is -0.129. The van der Waals surface area contributed by atoms with Crippen molar-refractivity contribution in [2.75, 3.05) is 6.54 Å². The van der Waals surface area contributed by atoms with Crippen molar-refractivity contribution in [1.29, 1.82) is 0 Å². The lowest BCUT2D eigenvalue weighted by atomic mass is 10.0. The molecule has 3 aromatic rings. The zero-order valence-electron chi connectivity index (χ0n) is 13.3. The lowest BCUT2D eigenvalue weighted by Crippen LogP contribution is -2.29. The second kappa shape index (κ2) is 6.33. The predicted octanol–water partition coefficient (Wildman–Crippen LogP) is 4.73. The molecule has 1 aromatic heterocycles. The Morgan fingerprint density at radius 1 is 1.12 bits per heavy atom. The normalized spacial score (nSPS) is 17.8. The molecule has 1 aliphatic heterocycles. The molecule has 0 bridgehead atoms. The first-order valence-corrected chi connectivity index (χ1v) is 8.70. The third kappa shape index (κ3) is 2.80. The van der Waals surface area contributed by atoms with Gasteiger partial charge in [0, 0.05) is 35.1 Å². The summed E-state index contributed by atoms with van der Waals surface area (Å²) in [7, 11) is 0. The van der Waals surface area contributed by atoms with E-state index in [0.29, 0.717) is 6.42 Å². The zero-order valence-corrected chi connectivity index (χ0v) is 14.1. The van der Waals surface area contributed by atoms with Crippen LogP contribution in [0.4, 0.5) is 0 Å². The summed E-state index contributed by atoms with van der Waals surface area (Å²) in [6, 6.07) is 16.3. The first-order valence-electron chi connectivity index (χ1n) is 8.32. The van der Waals surface area contributed by atoms with Crippen molar-refractivity contribution in [1.82, 2.24) is 9.88 Å². The van der Waals surface area contributed by atoms with E-state index in [0.717, 1.165) is 29.9 Å². The molecule has 3 nitrogen and oxygen atoms in total. The summed E-state index contributed by atoms with van der Waals surface area (Å²) < 4.78 is 0. The van der Waals surface area contributed by atoms with E-state index < -0.39 is 0 Å². The Labute approximate surface area is 146 Å². The molecule has 4 rings (SSSR count). The van der Waals surface area contributed by atoms with Gasteiger partial charge in [0.2, 0.25) is 5.91 Å². The Hall–Kier alpha value is -2.26. The van der Waals surface area contributed by atoms with Crippen LogP contribution < -0.4 is 0 Å². The largest absolute Gasteiger partial charge is 0.361 e. The van der Waals surface area contributed by atoms with Crippen LogP contribution in [0, 0.1) is 0 Å². The van der Waals surface area contributed by atoms with Crippen LogP contribution in [0.5, 0.6) is 0 Å². The van der Waals surface area contributed by atoms with E-state index in [1.165, 1.54) is 16.5 Å². The third-order valence-electron chi connectivity index (χ3n) is 4.86. The van der Waals surface area contributed by atoms with Crippen LogP contribution in [0.25, 0.3) is 10.9 Å². The van der Waals surface area contributed by atoms with Gasteiger partial charge in [-0.15, -0.1) is 0 Å². The molecule has 1 amide bonds. The first-order chi connectivity index (χ1) is 11.7. The van der Waals surface area contributed by atoms with E-state index in [4.69, 9.17) is 11.6 Å². The maximum absolute atomic E-state index is 12.4. The number of para-hydroxylation sites is 1. The summed E-state index contributed by atoms with van der Waals surface area (Å²) in [6.45, 7) is 0.741. The highest BCUT2D eigenvalue weighted by Gasteiger charge is 2.32. The second-order valence-corrected chi connectivity index (χ2v) is 6.74. The van der Waals surface area contributed by atoms with E-state index in [1.807, 2.05) is 35.2 Å².